The average molecular weight is 196 g/mol. The fraction of sp³-hybridized carbons (Fsp3) is 0.556. The standard InChI is InChI=1S/C9H8O5/c10-8-12-6-4-1-2-5(3-4)7(6)13-9(11)14-8/h1-2,4-7H,3H2/t4-,5+,6-,7?/m1/s1. The van der Waals surface area contributed by atoms with E-state index in [-0.39, 0.29) is 24.0 Å². The molecule has 0 aromatic carbocycles. The van der Waals surface area contributed by atoms with Gasteiger partial charge in [0, 0.05) is 11.8 Å². The maximum Gasteiger partial charge on any atom is 0.519 e. The number of rotatable bonds is 0. The first-order chi connectivity index (χ1) is 6.74. The van der Waals surface area contributed by atoms with Crippen LogP contribution in [0, 0.1) is 11.8 Å². The summed E-state index contributed by atoms with van der Waals surface area (Å²) in [5.41, 5.74) is 0. The van der Waals surface area contributed by atoms with Crippen LogP contribution >= 0.6 is 0 Å². The minimum atomic E-state index is -0.955. The van der Waals surface area contributed by atoms with Gasteiger partial charge >= 0.3 is 12.3 Å². The second-order valence-corrected chi connectivity index (χ2v) is 3.72. The van der Waals surface area contributed by atoms with Crippen molar-refractivity contribution in [1.29, 1.82) is 0 Å². The molecular weight excluding hydrogens is 188 g/mol. The van der Waals surface area contributed by atoms with E-state index >= 15 is 0 Å². The van der Waals surface area contributed by atoms with Crippen molar-refractivity contribution < 1.29 is 23.8 Å². The van der Waals surface area contributed by atoms with Crippen molar-refractivity contribution in [2.75, 3.05) is 0 Å². The van der Waals surface area contributed by atoms with Gasteiger partial charge in [-0.3, -0.25) is 0 Å². The van der Waals surface area contributed by atoms with Crippen molar-refractivity contribution in [2.45, 2.75) is 18.6 Å². The predicted octanol–water partition coefficient (Wildman–Crippen LogP) is 1.23. The highest BCUT2D eigenvalue weighted by Gasteiger charge is 2.51. The lowest BCUT2D eigenvalue weighted by atomic mass is 10.0. The molecule has 5 heteroatoms. The first kappa shape index (κ1) is 7.84. The van der Waals surface area contributed by atoms with Crippen molar-refractivity contribution in [3.8, 4) is 0 Å². The van der Waals surface area contributed by atoms with E-state index in [1.807, 2.05) is 12.2 Å². The third kappa shape index (κ3) is 0.950. The van der Waals surface area contributed by atoms with Gasteiger partial charge in [-0.2, -0.15) is 0 Å². The first-order valence-corrected chi connectivity index (χ1v) is 4.51. The van der Waals surface area contributed by atoms with E-state index in [9.17, 15) is 9.59 Å². The summed E-state index contributed by atoms with van der Waals surface area (Å²) in [5.74, 6) is 0.340. The van der Waals surface area contributed by atoms with Gasteiger partial charge in [0.15, 0.2) is 0 Å². The monoisotopic (exact) mass is 196 g/mol. The molecule has 0 N–H and O–H groups in total. The molecule has 0 aromatic heterocycles. The van der Waals surface area contributed by atoms with E-state index in [0.29, 0.717) is 0 Å². The molecule has 1 aliphatic heterocycles. The van der Waals surface area contributed by atoms with Crippen LogP contribution < -0.4 is 0 Å². The van der Waals surface area contributed by atoms with E-state index in [2.05, 4.69) is 4.74 Å². The molecule has 74 valence electrons. The number of carbonyl (C=O) groups excluding carboxylic acids is 2. The number of hydrogen-bond acceptors (Lipinski definition) is 5. The molecule has 2 bridgehead atoms. The number of ether oxygens (including phenoxy) is 3. The van der Waals surface area contributed by atoms with Gasteiger partial charge in [0.2, 0.25) is 0 Å². The molecule has 2 fully saturated rings. The van der Waals surface area contributed by atoms with Crippen molar-refractivity contribution in [3.05, 3.63) is 12.2 Å². The van der Waals surface area contributed by atoms with Crippen LogP contribution in [-0.4, -0.2) is 24.5 Å². The molecule has 3 aliphatic rings. The van der Waals surface area contributed by atoms with Crippen molar-refractivity contribution in [1.82, 2.24) is 0 Å². The van der Waals surface area contributed by atoms with E-state index in [0.717, 1.165) is 6.42 Å². The highest BCUT2D eigenvalue weighted by Crippen LogP contribution is 2.43. The molecule has 0 radical (unpaired) electrons. The lowest BCUT2D eigenvalue weighted by molar-refractivity contribution is 0.00826. The van der Waals surface area contributed by atoms with Gasteiger partial charge in [0.05, 0.1) is 0 Å². The van der Waals surface area contributed by atoms with E-state index in [1.165, 1.54) is 0 Å². The zero-order chi connectivity index (χ0) is 9.71. The van der Waals surface area contributed by atoms with Gasteiger partial charge in [-0.25, -0.2) is 9.59 Å². The van der Waals surface area contributed by atoms with Crippen LogP contribution in [0.3, 0.4) is 0 Å². The van der Waals surface area contributed by atoms with Crippen molar-refractivity contribution in [3.63, 3.8) is 0 Å². The molecular formula is C9H8O5. The largest absolute Gasteiger partial charge is 0.519 e. The molecule has 0 aromatic rings. The summed E-state index contributed by atoms with van der Waals surface area (Å²) in [6, 6.07) is 0. The molecule has 0 amide bonds. The Bertz CT molecular complexity index is 304. The average Bonchev–Trinajstić information content (AvgIpc) is 2.64. The fourth-order valence-corrected chi connectivity index (χ4v) is 2.38. The molecule has 1 saturated carbocycles. The zero-order valence-electron chi connectivity index (χ0n) is 7.21. The molecule has 1 saturated heterocycles. The Morgan fingerprint density at radius 2 is 1.50 bits per heavy atom. The van der Waals surface area contributed by atoms with Crippen molar-refractivity contribution >= 4 is 12.3 Å². The van der Waals surface area contributed by atoms with Crippen LogP contribution in [0.15, 0.2) is 12.2 Å². The van der Waals surface area contributed by atoms with Gasteiger partial charge in [-0.1, -0.05) is 12.2 Å². The Morgan fingerprint density at radius 3 is 2.00 bits per heavy atom. The van der Waals surface area contributed by atoms with E-state index in [1.54, 1.807) is 0 Å². The highest BCUT2D eigenvalue weighted by molar-refractivity contribution is 5.78. The quantitative estimate of drug-likeness (QED) is 0.331. The van der Waals surface area contributed by atoms with Crippen LogP contribution in [0.5, 0.6) is 0 Å². The molecule has 5 nitrogen and oxygen atoms in total. The fourth-order valence-electron chi connectivity index (χ4n) is 2.38. The molecule has 1 heterocycles. The zero-order valence-corrected chi connectivity index (χ0v) is 7.21. The number of hydrogen-bond donors (Lipinski definition) is 0. The molecule has 0 spiro atoms. The number of carbonyl (C=O) groups is 2. The van der Waals surface area contributed by atoms with Crippen LogP contribution in [-0.2, 0) is 14.2 Å². The topological polar surface area (TPSA) is 61.8 Å². The number of fused-ring (bicyclic) bond motifs is 5. The summed E-state index contributed by atoms with van der Waals surface area (Å²) in [6.45, 7) is 0. The molecule has 2 aliphatic carbocycles. The molecule has 14 heavy (non-hydrogen) atoms. The van der Waals surface area contributed by atoms with Gasteiger partial charge in [-0.15, -0.1) is 0 Å². The van der Waals surface area contributed by atoms with Crippen molar-refractivity contribution in [2.24, 2.45) is 11.8 Å². The SMILES string of the molecule is O=C1OC(=O)O[C@H]2C(O1)[C@H]1C=C[C@@H]2C1. The second-order valence-electron chi connectivity index (χ2n) is 3.72. The van der Waals surface area contributed by atoms with Crippen LogP contribution in [0.2, 0.25) is 0 Å². The maximum absolute atomic E-state index is 10.9. The van der Waals surface area contributed by atoms with E-state index in [4.69, 9.17) is 9.47 Å². The maximum atomic E-state index is 10.9. The summed E-state index contributed by atoms with van der Waals surface area (Å²) in [7, 11) is 0. The van der Waals surface area contributed by atoms with Gasteiger partial charge < -0.3 is 14.2 Å². The van der Waals surface area contributed by atoms with Gasteiger partial charge in [-0.05, 0) is 6.42 Å². The first-order valence-electron chi connectivity index (χ1n) is 4.51. The van der Waals surface area contributed by atoms with Crippen LogP contribution in [0.1, 0.15) is 6.42 Å². The summed E-state index contributed by atoms with van der Waals surface area (Å²) in [5, 5.41) is 0. The predicted molar refractivity (Wildman–Crippen MR) is 42.4 cm³/mol. The van der Waals surface area contributed by atoms with Crippen LogP contribution in [0.4, 0.5) is 9.59 Å². The normalized spacial score (nSPS) is 43.7. The Morgan fingerprint density at radius 1 is 1.00 bits per heavy atom. The lowest BCUT2D eigenvalue weighted by Crippen LogP contribution is -2.34. The minimum Gasteiger partial charge on any atom is -0.426 e. The summed E-state index contributed by atoms with van der Waals surface area (Å²) in [6.07, 6.45) is 2.26. The molecule has 3 rings (SSSR count). The highest BCUT2D eigenvalue weighted by atomic mass is 16.8. The molecule has 4 atom stereocenters. The Hall–Kier alpha value is -1.52. The third-order valence-electron chi connectivity index (χ3n) is 2.95. The minimum absolute atomic E-state index is 0.170. The second kappa shape index (κ2) is 2.50. The van der Waals surface area contributed by atoms with Gasteiger partial charge in [0.25, 0.3) is 0 Å². The van der Waals surface area contributed by atoms with Gasteiger partial charge in [0.1, 0.15) is 12.2 Å². The van der Waals surface area contributed by atoms with Crippen LogP contribution in [0.25, 0.3) is 0 Å². The summed E-state index contributed by atoms with van der Waals surface area (Å²) < 4.78 is 14.2. The Kier molecular flexibility index (Phi) is 1.40. The third-order valence-corrected chi connectivity index (χ3v) is 2.95. The molecule has 1 unspecified atom stereocenters. The lowest BCUT2D eigenvalue weighted by Gasteiger charge is -2.22. The number of cyclic esters (lactones) is 2. The summed E-state index contributed by atoms with van der Waals surface area (Å²) in [4.78, 5) is 21.9. The van der Waals surface area contributed by atoms with E-state index < -0.39 is 12.3 Å². The Labute approximate surface area is 79.6 Å². The Balaban J connectivity index is 1.92. The summed E-state index contributed by atoms with van der Waals surface area (Å²) >= 11 is 0. The smallest absolute Gasteiger partial charge is 0.426 e.